The van der Waals surface area contributed by atoms with Gasteiger partial charge in [0.25, 0.3) is 5.91 Å². The summed E-state index contributed by atoms with van der Waals surface area (Å²) in [7, 11) is -1.66. The smallest absolute Gasteiger partial charge is 0.255 e. The first kappa shape index (κ1) is 17.4. The highest BCUT2D eigenvalue weighted by Crippen LogP contribution is 2.23. The summed E-state index contributed by atoms with van der Waals surface area (Å²) in [6, 6.07) is 3.88. The van der Waals surface area contributed by atoms with Gasteiger partial charge >= 0.3 is 0 Å². The molecule has 0 bridgehead atoms. The van der Waals surface area contributed by atoms with Crippen LogP contribution in [0.15, 0.2) is 22.7 Å². The summed E-state index contributed by atoms with van der Waals surface area (Å²) in [6.45, 7) is 0.959. The summed E-state index contributed by atoms with van der Waals surface area (Å²) >= 11 is 3.20. The zero-order chi connectivity index (χ0) is 16.5. The largest absolute Gasteiger partial charge is 0.338 e. The van der Waals surface area contributed by atoms with Crippen LogP contribution in [0, 0.1) is 5.82 Å². The minimum absolute atomic E-state index is 0.0873. The third kappa shape index (κ3) is 3.85. The maximum absolute atomic E-state index is 13.1. The van der Waals surface area contributed by atoms with Crippen LogP contribution < -0.4 is 0 Å². The average Bonchev–Trinajstić information content (AvgIpc) is 2.45. The third-order valence-corrected chi connectivity index (χ3v) is 5.95. The van der Waals surface area contributed by atoms with E-state index in [1.54, 1.807) is 11.9 Å². The molecule has 8 heteroatoms. The van der Waals surface area contributed by atoms with Gasteiger partial charge in [-0.15, -0.1) is 0 Å². The molecule has 1 saturated heterocycles. The first-order valence-electron chi connectivity index (χ1n) is 6.87. The molecule has 1 aliphatic rings. The van der Waals surface area contributed by atoms with Crippen LogP contribution in [-0.4, -0.2) is 56.0 Å². The minimum atomic E-state index is -3.22. The normalized spacial score (nSPS) is 17.0. The van der Waals surface area contributed by atoms with E-state index in [1.165, 1.54) is 28.8 Å². The van der Waals surface area contributed by atoms with E-state index in [9.17, 15) is 17.6 Å². The molecule has 5 nitrogen and oxygen atoms in total. The Morgan fingerprint density at radius 1 is 1.36 bits per heavy atom. The highest BCUT2D eigenvalue weighted by atomic mass is 79.9. The number of hydrogen-bond donors (Lipinski definition) is 0. The van der Waals surface area contributed by atoms with Gasteiger partial charge in [-0.25, -0.2) is 17.1 Å². The highest BCUT2D eigenvalue weighted by Gasteiger charge is 2.29. The Kier molecular flexibility index (Phi) is 5.24. The topological polar surface area (TPSA) is 57.7 Å². The number of halogens is 2. The van der Waals surface area contributed by atoms with Gasteiger partial charge in [0.1, 0.15) is 5.82 Å². The van der Waals surface area contributed by atoms with Crippen molar-refractivity contribution in [3.8, 4) is 0 Å². The number of sulfonamides is 1. The molecule has 0 spiro atoms. The zero-order valence-corrected chi connectivity index (χ0v) is 14.8. The molecule has 1 aromatic carbocycles. The molecule has 0 N–H and O–H groups in total. The first-order valence-corrected chi connectivity index (χ1v) is 9.51. The molecule has 0 unspecified atom stereocenters. The predicted octanol–water partition coefficient (Wildman–Crippen LogP) is 2.08. The van der Waals surface area contributed by atoms with E-state index >= 15 is 0 Å². The van der Waals surface area contributed by atoms with Crippen LogP contribution in [0.3, 0.4) is 0 Å². The second kappa shape index (κ2) is 6.64. The number of carbonyl (C=O) groups excluding carboxylic acids is 1. The Labute approximate surface area is 138 Å². The maximum Gasteiger partial charge on any atom is 0.255 e. The van der Waals surface area contributed by atoms with Crippen molar-refractivity contribution in [1.82, 2.24) is 9.21 Å². The van der Waals surface area contributed by atoms with Gasteiger partial charge in [-0.2, -0.15) is 0 Å². The fourth-order valence-corrected chi connectivity index (χ4v) is 3.81. The number of likely N-dealkylation sites (tertiary alicyclic amines) is 1. The van der Waals surface area contributed by atoms with Gasteiger partial charge in [0.05, 0.1) is 11.8 Å². The molecule has 2 rings (SSSR count). The van der Waals surface area contributed by atoms with E-state index in [-0.39, 0.29) is 11.9 Å². The second-order valence-corrected chi connectivity index (χ2v) is 8.32. The number of amides is 1. The van der Waals surface area contributed by atoms with Crippen molar-refractivity contribution < 1.29 is 17.6 Å². The lowest BCUT2D eigenvalue weighted by Crippen LogP contribution is -2.47. The van der Waals surface area contributed by atoms with E-state index in [4.69, 9.17) is 0 Å². The molecule has 0 saturated carbocycles. The van der Waals surface area contributed by atoms with Crippen molar-refractivity contribution in [2.24, 2.45) is 0 Å². The summed E-state index contributed by atoms with van der Waals surface area (Å²) in [5, 5.41) is 0. The van der Waals surface area contributed by atoms with Gasteiger partial charge < -0.3 is 4.90 Å². The molecule has 0 atom stereocenters. The van der Waals surface area contributed by atoms with Gasteiger partial charge in [-0.3, -0.25) is 4.79 Å². The van der Waals surface area contributed by atoms with Crippen LogP contribution in [-0.2, 0) is 10.0 Å². The molecule has 0 radical (unpaired) electrons. The fourth-order valence-electron chi connectivity index (χ4n) is 2.54. The quantitative estimate of drug-likeness (QED) is 0.790. The standard InChI is InChI=1S/C14H18BrFN2O3S/c1-17(22(2,20)21)11-5-7-18(8-6-11)14(19)12-4-3-10(16)9-13(12)15/h3-4,9,11H,5-8H2,1-2H3. The second-order valence-electron chi connectivity index (χ2n) is 5.43. The fraction of sp³-hybridized carbons (Fsp3) is 0.500. The maximum atomic E-state index is 13.1. The van der Waals surface area contributed by atoms with E-state index < -0.39 is 15.8 Å². The summed E-state index contributed by atoms with van der Waals surface area (Å²) in [6.07, 6.45) is 2.36. The Morgan fingerprint density at radius 2 is 1.95 bits per heavy atom. The molecule has 22 heavy (non-hydrogen) atoms. The molecule has 1 amide bonds. The number of nitrogens with zero attached hydrogens (tertiary/aromatic N) is 2. The van der Waals surface area contributed by atoms with Crippen LogP contribution in [0.2, 0.25) is 0 Å². The van der Waals surface area contributed by atoms with Crippen LogP contribution in [0.4, 0.5) is 4.39 Å². The Balaban J connectivity index is 2.04. The summed E-state index contributed by atoms with van der Waals surface area (Å²) in [5.74, 6) is -0.579. The van der Waals surface area contributed by atoms with E-state index in [0.717, 1.165) is 0 Å². The number of rotatable bonds is 3. The lowest BCUT2D eigenvalue weighted by Gasteiger charge is -2.35. The SMILES string of the molecule is CN(C1CCN(C(=O)c2ccc(F)cc2Br)CC1)S(C)(=O)=O. The van der Waals surface area contributed by atoms with Crippen molar-refractivity contribution in [1.29, 1.82) is 0 Å². The van der Waals surface area contributed by atoms with Crippen molar-refractivity contribution in [3.05, 3.63) is 34.1 Å². The first-order chi connectivity index (χ1) is 10.2. The lowest BCUT2D eigenvalue weighted by atomic mass is 10.0. The Hall–Kier alpha value is -0.990. The summed E-state index contributed by atoms with van der Waals surface area (Å²) in [5.41, 5.74) is 0.413. The van der Waals surface area contributed by atoms with Crippen molar-refractivity contribution in [3.63, 3.8) is 0 Å². The monoisotopic (exact) mass is 392 g/mol. The number of piperidine rings is 1. The molecule has 1 fully saturated rings. The highest BCUT2D eigenvalue weighted by molar-refractivity contribution is 9.10. The van der Waals surface area contributed by atoms with Gasteiger partial charge in [0, 0.05) is 30.7 Å². The van der Waals surface area contributed by atoms with Crippen LogP contribution in [0.5, 0.6) is 0 Å². The Morgan fingerprint density at radius 3 is 2.45 bits per heavy atom. The number of benzene rings is 1. The predicted molar refractivity (Wildman–Crippen MR) is 85.6 cm³/mol. The van der Waals surface area contributed by atoms with Crippen molar-refractivity contribution in [2.45, 2.75) is 18.9 Å². The summed E-state index contributed by atoms with van der Waals surface area (Å²) < 4.78 is 38.0. The summed E-state index contributed by atoms with van der Waals surface area (Å²) in [4.78, 5) is 14.1. The molecule has 1 aromatic rings. The average molecular weight is 393 g/mol. The number of carbonyl (C=O) groups is 1. The van der Waals surface area contributed by atoms with Crippen molar-refractivity contribution >= 4 is 31.9 Å². The van der Waals surface area contributed by atoms with E-state index in [1.807, 2.05) is 0 Å². The molecule has 0 aliphatic carbocycles. The molecule has 1 heterocycles. The van der Waals surface area contributed by atoms with Gasteiger partial charge in [0.15, 0.2) is 0 Å². The van der Waals surface area contributed by atoms with Crippen LogP contribution in [0.1, 0.15) is 23.2 Å². The van der Waals surface area contributed by atoms with Gasteiger partial charge in [0.2, 0.25) is 10.0 Å². The number of hydrogen-bond acceptors (Lipinski definition) is 3. The van der Waals surface area contributed by atoms with Gasteiger partial charge in [-0.05, 0) is 47.0 Å². The van der Waals surface area contributed by atoms with E-state index in [0.29, 0.717) is 36.0 Å². The van der Waals surface area contributed by atoms with Gasteiger partial charge in [-0.1, -0.05) is 0 Å². The zero-order valence-electron chi connectivity index (χ0n) is 12.4. The van der Waals surface area contributed by atoms with E-state index in [2.05, 4.69) is 15.9 Å². The molecule has 1 aliphatic heterocycles. The van der Waals surface area contributed by atoms with Crippen LogP contribution >= 0.6 is 15.9 Å². The third-order valence-electron chi connectivity index (χ3n) is 3.95. The lowest BCUT2D eigenvalue weighted by molar-refractivity contribution is 0.0685. The molecular weight excluding hydrogens is 375 g/mol. The van der Waals surface area contributed by atoms with Crippen LogP contribution in [0.25, 0.3) is 0 Å². The molecular formula is C14H18BrFN2O3S. The minimum Gasteiger partial charge on any atom is -0.338 e. The Bertz CT molecular complexity index is 673. The molecule has 0 aromatic heterocycles. The molecule has 122 valence electrons. The van der Waals surface area contributed by atoms with Crippen molar-refractivity contribution in [2.75, 3.05) is 26.4 Å².